The molecule has 0 radical (unpaired) electrons. The Labute approximate surface area is 204 Å². The maximum absolute atomic E-state index is 13.7. The van der Waals surface area contributed by atoms with Crippen molar-refractivity contribution in [3.63, 3.8) is 0 Å². The molecule has 1 amide bonds. The smallest absolute Gasteiger partial charge is 0.337 e. The number of aromatic nitrogens is 4. The second-order valence-corrected chi connectivity index (χ2v) is 8.47. The number of fused-ring (bicyclic) bond motifs is 2. The lowest BCUT2D eigenvalue weighted by molar-refractivity contribution is -0.121. The Hall–Kier alpha value is -4.37. The lowest BCUT2D eigenvalue weighted by Gasteiger charge is -2.18. The molecule has 2 heterocycles. The van der Waals surface area contributed by atoms with Crippen LogP contribution >= 0.6 is 11.6 Å². The molecule has 5 rings (SSSR count). The molecule has 3 aromatic carbocycles. The third kappa shape index (κ3) is 4.06. The van der Waals surface area contributed by atoms with Crippen LogP contribution in [-0.2, 0) is 18.4 Å². The van der Waals surface area contributed by atoms with Gasteiger partial charge in [-0.25, -0.2) is 9.36 Å². The van der Waals surface area contributed by atoms with Gasteiger partial charge in [-0.05, 0) is 23.6 Å². The van der Waals surface area contributed by atoms with Gasteiger partial charge in [0.2, 0.25) is 5.91 Å². The average molecular weight is 489 g/mol. The van der Waals surface area contributed by atoms with Crippen LogP contribution in [0.2, 0.25) is 5.02 Å². The molecule has 0 aliphatic rings. The monoisotopic (exact) mass is 488 g/mol. The molecule has 2 aromatic heterocycles. The van der Waals surface area contributed by atoms with Gasteiger partial charge in [-0.15, -0.1) is 0 Å². The van der Waals surface area contributed by atoms with E-state index in [0.717, 1.165) is 26.2 Å². The van der Waals surface area contributed by atoms with E-state index in [-0.39, 0.29) is 5.82 Å². The van der Waals surface area contributed by atoms with Gasteiger partial charge < -0.3 is 10.6 Å². The van der Waals surface area contributed by atoms with E-state index >= 15 is 0 Å². The Morgan fingerprint density at radius 2 is 1.80 bits per heavy atom. The third-order valence-corrected chi connectivity index (χ3v) is 6.06. The number of rotatable bonds is 5. The number of carbonyl (C=O) groups excluding carboxylic acids is 1. The predicted octanol–water partition coefficient (Wildman–Crippen LogP) is 3.18. The first-order chi connectivity index (χ1) is 16.9. The van der Waals surface area contributed by atoms with Crippen molar-refractivity contribution in [1.29, 1.82) is 0 Å². The van der Waals surface area contributed by atoms with Crippen LogP contribution < -0.4 is 21.9 Å². The standard InChI is InChI=1S/C25H21ClN6O3/c1-27-23(33)14-31-24(34)12-22(28-20-10-16-13-30(2)29-19(16)11-18(20)26)32(25(31)35)21-9-5-7-15-6-3-4-8-17(15)21/h3-13,28H,14H2,1-2H3,(H,27,33). The molecule has 0 saturated carbocycles. The zero-order valence-electron chi connectivity index (χ0n) is 18.9. The largest absolute Gasteiger partial charge is 0.358 e. The first kappa shape index (κ1) is 22.4. The Bertz CT molecular complexity index is 1730. The summed E-state index contributed by atoms with van der Waals surface area (Å²) in [5.41, 5.74) is 0.508. The number of anilines is 2. The van der Waals surface area contributed by atoms with Crippen molar-refractivity contribution in [2.45, 2.75) is 6.54 Å². The molecular weight excluding hydrogens is 468 g/mol. The Balaban J connectivity index is 1.76. The summed E-state index contributed by atoms with van der Waals surface area (Å²) >= 11 is 6.52. The number of carbonyl (C=O) groups is 1. The minimum atomic E-state index is -0.654. The van der Waals surface area contributed by atoms with Gasteiger partial charge in [0.05, 0.1) is 21.9 Å². The van der Waals surface area contributed by atoms with Gasteiger partial charge in [-0.2, -0.15) is 5.10 Å². The fourth-order valence-electron chi connectivity index (χ4n) is 4.08. The third-order valence-electron chi connectivity index (χ3n) is 5.75. The van der Waals surface area contributed by atoms with Gasteiger partial charge in [0, 0.05) is 37.1 Å². The maximum atomic E-state index is 13.7. The first-order valence-electron chi connectivity index (χ1n) is 10.8. The Morgan fingerprint density at radius 3 is 2.60 bits per heavy atom. The summed E-state index contributed by atoms with van der Waals surface area (Å²) in [6.45, 7) is -0.401. The Kier molecular flexibility index (Phi) is 5.62. The molecule has 0 aliphatic carbocycles. The van der Waals surface area contributed by atoms with Crippen LogP contribution in [0.15, 0.2) is 76.4 Å². The molecule has 176 valence electrons. The van der Waals surface area contributed by atoms with Gasteiger partial charge in [-0.3, -0.25) is 18.8 Å². The highest BCUT2D eigenvalue weighted by Gasteiger charge is 2.18. The van der Waals surface area contributed by atoms with E-state index in [9.17, 15) is 14.4 Å². The van der Waals surface area contributed by atoms with Gasteiger partial charge >= 0.3 is 5.69 Å². The van der Waals surface area contributed by atoms with E-state index in [0.29, 0.717) is 16.4 Å². The number of nitrogens with zero attached hydrogens (tertiary/aromatic N) is 4. The van der Waals surface area contributed by atoms with Gasteiger partial charge in [0.1, 0.15) is 12.4 Å². The van der Waals surface area contributed by atoms with E-state index in [4.69, 9.17) is 11.6 Å². The van der Waals surface area contributed by atoms with E-state index in [1.807, 2.05) is 49.6 Å². The van der Waals surface area contributed by atoms with Crippen LogP contribution in [0.1, 0.15) is 0 Å². The van der Waals surface area contributed by atoms with Crippen LogP contribution in [0.5, 0.6) is 0 Å². The number of likely N-dealkylation sites (N-methyl/N-ethyl adjacent to an activating group) is 1. The average Bonchev–Trinajstić information content (AvgIpc) is 3.20. The van der Waals surface area contributed by atoms with Gasteiger partial charge in [-0.1, -0.05) is 48.0 Å². The van der Waals surface area contributed by atoms with E-state index in [2.05, 4.69) is 15.7 Å². The summed E-state index contributed by atoms with van der Waals surface area (Å²) in [6.07, 6.45) is 1.84. The molecule has 0 atom stereocenters. The quantitative estimate of drug-likeness (QED) is 0.395. The molecule has 10 heteroatoms. The second kappa shape index (κ2) is 8.77. The molecule has 0 saturated heterocycles. The zero-order valence-corrected chi connectivity index (χ0v) is 19.7. The fraction of sp³-hybridized carbons (Fsp3) is 0.120. The molecule has 0 bridgehead atoms. The topological polar surface area (TPSA) is 103 Å². The lowest BCUT2D eigenvalue weighted by Crippen LogP contribution is -2.43. The van der Waals surface area contributed by atoms with Crippen molar-refractivity contribution < 1.29 is 4.79 Å². The van der Waals surface area contributed by atoms with Crippen molar-refractivity contribution in [3.05, 3.63) is 92.7 Å². The number of hydrogen-bond acceptors (Lipinski definition) is 5. The lowest BCUT2D eigenvalue weighted by atomic mass is 10.1. The molecule has 2 N–H and O–H groups in total. The normalized spacial score (nSPS) is 11.2. The number of aryl methyl sites for hydroxylation is 1. The van der Waals surface area contributed by atoms with Crippen LogP contribution in [0.3, 0.4) is 0 Å². The number of benzene rings is 3. The van der Waals surface area contributed by atoms with E-state index in [1.165, 1.54) is 17.7 Å². The number of halogens is 1. The van der Waals surface area contributed by atoms with Crippen LogP contribution in [-0.4, -0.2) is 31.9 Å². The van der Waals surface area contributed by atoms with Crippen LogP contribution in [0.4, 0.5) is 11.5 Å². The van der Waals surface area contributed by atoms with E-state index in [1.54, 1.807) is 22.9 Å². The highest BCUT2D eigenvalue weighted by molar-refractivity contribution is 6.34. The summed E-state index contributed by atoms with van der Waals surface area (Å²) in [7, 11) is 3.26. The fourth-order valence-corrected chi connectivity index (χ4v) is 4.28. The van der Waals surface area contributed by atoms with Crippen LogP contribution in [0.25, 0.3) is 27.4 Å². The Morgan fingerprint density at radius 1 is 1.03 bits per heavy atom. The van der Waals surface area contributed by atoms with Crippen molar-refractivity contribution in [2.24, 2.45) is 7.05 Å². The van der Waals surface area contributed by atoms with Crippen molar-refractivity contribution in [3.8, 4) is 5.69 Å². The molecule has 0 aliphatic heterocycles. The molecule has 35 heavy (non-hydrogen) atoms. The molecule has 9 nitrogen and oxygen atoms in total. The summed E-state index contributed by atoms with van der Waals surface area (Å²) in [5, 5.41) is 12.9. The summed E-state index contributed by atoms with van der Waals surface area (Å²) in [6, 6.07) is 18.0. The summed E-state index contributed by atoms with van der Waals surface area (Å²) in [4.78, 5) is 38.6. The van der Waals surface area contributed by atoms with Gasteiger partial charge in [0.25, 0.3) is 5.56 Å². The summed E-state index contributed by atoms with van der Waals surface area (Å²) < 4.78 is 3.96. The first-order valence-corrected chi connectivity index (χ1v) is 11.2. The minimum Gasteiger partial charge on any atom is -0.358 e. The van der Waals surface area contributed by atoms with Crippen molar-refractivity contribution in [2.75, 3.05) is 12.4 Å². The van der Waals surface area contributed by atoms with Crippen molar-refractivity contribution in [1.82, 2.24) is 24.2 Å². The molecule has 5 aromatic rings. The highest BCUT2D eigenvalue weighted by atomic mass is 35.5. The van der Waals surface area contributed by atoms with Crippen molar-refractivity contribution >= 4 is 50.7 Å². The van der Waals surface area contributed by atoms with Crippen LogP contribution in [0, 0.1) is 0 Å². The summed E-state index contributed by atoms with van der Waals surface area (Å²) in [5.74, 6) is -0.242. The minimum absolute atomic E-state index is 0.217. The number of hydrogen-bond donors (Lipinski definition) is 2. The highest BCUT2D eigenvalue weighted by Crippen LogP contribution is 2.31. The number of amides is 1. The number of nitrogens with one attached hydrogen (secondary N) is 2. The molecule has 0 unspecified atom stereocenters. The molecule has 0 spiro atoms. The predicted molar refractivity (Wildman–Crippen MR) is 137 cm³/mol. The van der Waals surface area contributed by atoms with E-state index < -0.39 is 23.7 Å². The molecular formula is C25H21ClN6O3. The van der Waals surface area contributed by atoms with Gasteiger partial charge in [0.15, 0.2) is 0 Å². The zero-order chi connectivity index (χ0) is 24.7. The second-order valence-electron chi connectivity index (χ2n) is 8.06. The molecule has 0 fully saturated rings. The maximum Gasteiger partial charge on any atom is 0.337 e. The SMILES string of the molecule is CNC(=O)Cn1c(=O)cc(Nc2cc3cn(C)nc3cc2Cl)n(-c2cccc3ccccc23)c1=O.